The lowest BCUT2D eigenvalue weighted by Gasteiger charge is -2.25. The molecule has 2 nitrogen and oxygen atoms in total. The monoisotopic (exact) mass is 642 g/mol. The fourth-order valence-corrected chi connectivity index (χ4v) is 8.65. The minimum absolute atomic E-state index is 1.13. The summed E-state index contributed by atoms with van der Waals surface area (Å²) in [5.41, 5.74) is 9.47. The quantitative estimate of drug-likeness (QED) is 0.129. The molecule has 49 heavy (non-hydrogen) atoms. The van der Waals surface area contributed by atoms with Crippen LogP contribution in [0.5, 0.6) is 0 Å². The summed E-state index contributed by atoms with van der Waals surface area (Å²) in [5, 5.41) is 7.83. The molecular formula is C46H30N2S. The van der Waals surface area contributed by atoms with E-state index in [1.54, 1.807) is 0 Å². The van der Waals surface area contributed by atoms with E-state index in [9.17, 15) is 0 Å². The summed E-state index contributed by atoms with van der Waals surface area (Å²) in [6.45, 7) is 0. The molecule has 0 saturated heterocycles. The molecule has 0 radical (unpaired) electrons. The minimum Gasteiger partial charge on any atom is -0.310 e. The largest absolute Gasteiger partial charge is 0.310 e. The number of anilines is 3. The third-order valence-corrected chi connectivity index (χ3v) is 10.9. The van der Waals surface area contributed by atoms with Crippen LogP contribution in [-0.2, 0) is 0 Å². The van der Waals surface area contributed by atoms with Gasteiger partial charge in [-0.2, -0.15) is 0 Å². The molecule has 0 N–H and O–H groups in total. The van der Waals surface area contributed by atoms with Gasteiger partial charge in [0.1, 0.15) is 0 Å². The molecule has 2 heterocycles. The molecule has 10 rings (SSSR count). The van der Waals surface area contributed by atoms with Crippen molar-refractivity contribution in [2.24, 2.45) is 0 Å². The Morgan fingerprint density at radius 2 is 1.14 bits per heavy atom. The first-order valence-corrected chi connectivity index (χ1v) is 17.5. The standard InChI is InChI=1S/C46H30N2S/c1-3-11-34(12-4-1)47(37-26-28-40-39-15-7-8-17-43(39)49-44(40)30-37)36-24-19-31(20-25-36)18-21-32-23-29-42-46-38(32)27-22-33-10-9-16-41(45(33)46)48(42)35-13-5-2-6-14-35/h1-30H. The van der Waals surface area contributed by atoms with E-state index in [1.807, 2.05) is 11.3 Å². The minimum atomic E-state index is 1.13. The van der Waals surface area contributed by atoms with Crippen LogP contribution in [0.2, 0.25) is 0 Å². The van der Waals surface area contributed by atoms with Crippen LogP contribution >= 0.6 is 11.3 Å². The first kappa shape index (κ1) is 27.9. The van der Waals surface area contributed by atoms with Crippen LogP contribution in [0, 0.1) is 0 Å². The molecule has 0 atom stereocenters. The zero-order valence-corrected chi connectivity index (χ0v) is 27.4. The Labute approximate surface area is 288 Å². The van der Waals surface area contributed by atoms with E-state index in [0.717, 1.165) is 22.6 Å². The van der Waals surface area contributed by atoms with E-state index in [4.69, 9.17) is 0 Å². The van der Waals surface area contributed by atoms with Crippen molar-refractivity contribution in [3.05, 3.63) is 181 Å². The molecule has 0 amide bonds. The molecule has 0 unspecified atom stereocenters. The summed E-state index contributed by atoms with van der Waals surface area (Å²) in [4.78, 5) is 2.35. The van der Waals surface area contributed by atoms with E-state index in [0.29, 0.717) is 0 Å². The van der Waals surface area contributed by atoms with Gasteiger partial charge >= 0.3 is 0 Å². The maximum atomic E-state index is 2.40. The second-order valence-corrected chi connectivity index (χ2v) is 13.7. The topological polar surface area (TPSA) is 8.17 Å². The lowest BCUT2D eigenvalue weighted by molar-refractivity contribution is 1.18. The average molecular weight is 643 g/mol. The van der Waals surface area contributed by atoms with Gasteiger partial charge in [-0.05, 0) is 88.6 Å². The van der Waals surface area contributed by atoms with Gasteiger partial charge in [0.15, 0.2) is 0 Å². The highest BCUT2D eigenvalue weighted by Crippen LogP contribution is 2.42. The molecule has 0 aliphatic heterocycles. The molecule has 0 bridgehead atoms. The van der Waals surface area contributed by atoms with E-state index in [1.165, 1.54) is 64.0 Å². The van der Waals surface area contributed by atoms with Gasteiger partial charge in [-0.15, -0.1) is 11.3 Å². The molecule has 0 spiro atoms. The molecule has 2 aromatic heterocycles. The van der Waals surface area contributed by atoms with E-state index < -0.39 is 0 Å². The van der Waals surface area contributed by atoms with E-state index in [-0.39, 0.29) is 0 Å². The van der Waals surface area contributed by atoms with Crippen molar-refractivity contribution in [1.29, 1.82) is 0 Å². The maximum absolute atomic E-state index is 2.40. The van der Waals surface area contributed by atoms with Crippen LogP contribution in [0.4, 0.5) is 17.1 Å². The predicted octanol–water partition coefficient (Wildman–Crippen LogP) is 13.4. The summed E-state index contributed by atoms with van der Waals surface area (Å²) in [7, 11) is 0. The molecular weight excluding hydrogens is 613 g/mol. The van der Waals surface area contributed by atoms with Gasteiger partial charge in [0.25, 0.3) is 0 Å². The second-order valence-electron chi connectivity index (χ2n) is 12.6. The number of hydrogen-bond acceptors (Lipinski definition) is 2. The van der Waals surface area contributed by atoms with Gasteiger partial charge in [0, 0.05) is 53.7 Å². The Kier molecular flexibility index (Phi) is 6.39. The normalized spacial score (nSPS) is 12.0. The molecule has 230 valence electrons. The fourth-order valence-electron chi connectivity index (χ4n) is 7.51. The van der Waals surface area contributed by atoms with Crippen LogP contribution < -0.4 is 4.90 Å². The van der Waals surface area contributed by atoms with Crippen molar-refractivity contribution in [1.82, 2.24) is 4.57 Å². The van der Waals surface area contributed by atoms with Crippen molar-refractivity contribution in [2.45, 2.75) is 0 Å². The first-order chi connectivity index (χ1) is 24.3. The summed E-state index contributed by atoms with van der Waals surface area (Å²) < 4.78 is 5.02. The van der Waals surface area contributed by atoms with Crippen molar-refractivity contribution >= 4 is 93.3 Å². The number of aromatic nitrogens is 1. The van der Waals surface area contributed by atoms with Crippen molar-refractivity contribution in [3.8, 4) is 5.69 Å². The summed E-state index contributed by atoms with van der Waals surface area (Å²) >= 11 is 1.86. The van der Waals surface area contributed by atoms with Gasteiger partial charge in [-0.25, -0.2) is 0 Å². The summed E-state index contributed by atoms with van der Waals surface area (Å²) in [6, 6.07) is 61.5. The molecule has 10 aromatic rings. The third-order valence-electron chi connectivity index (χ3n) is 9.75. The number of rotatable bonds is 6. The van der Waals surface area contributed by atoms with Crippen LogP contribution in [-0.4, -0.2) is 4.57 Å². The predicted molar refractivity (Wildman–Crippen MR) is 212 cm³/mol. The maximum Gasteiger partial charge on any atom is 0.0547 e. The van der Waals surface area contributed by atoms with Crippen molar-refractivity contribution in [3.63, 3.8) is 0 Å². The van der Waals surface area contributed by atoms with Crippen LogP contribution in [0.1, 0.15) is 11.1 Å². The smallest absolute Gasteiger partial charge is 0.0547 e. The van der Waals surface area contributed by atoms with Crippen LogP contribution in [0.3, 0.4) is 0 Å². The number of fused-ring (bicyclic) bond motifs is 3. The third kappa shape index (κ3) is 4.55. The second kappa shape index (κ2) is 11.2. The van der Waals surface area contributed by atoms with E-state index in [2.05, 4.69) is 191 Å². The molecule has 0 saturated carbocycles. The number of nitrogens with zero attached hydrogens (tertiary/aromatic N) is 2. The zero-order valence-electron chi connectivity index (χ0n) is 26.6. The van der Waals surface area contributed by atoms with Crippen LogP contribution in [0.25, 0.3) is 70.6 Å². The average Bonchev–Trinajstić information content (AvgIpc) is 3.71. The van der Waals surface area contributed by atoms with Gasteiger partial charge < -0.3 is 9.47 Å². The van der Waals surface area contributed by atoms with E-state index >= 15 is 0 Å². The number of benzene rings is 8. The Morgan fingerprint density at radius 3 is 2.00 bits per heavy atom. The molecule has 3 heteroatoms. The Morgan fingerprint density at radius 1 is 0.449 bits per heavy atom. The highest BCUT2D eigenvalue weighted by atomic mass is 32.1. The molecule has 0 fully saturated rings. The van der Waals surface area contributed by atoms with Crippen molar-refractivity contribution < 1.29 is 0 Å². The molecule has 0 aliphatic rings. The van der Waals surface area contributed by atoms with Gasteiger partial charge in [-0.3, -0.25) is 0 Å². The highest BCUT2D eigenvalue weighted by molar-refractivity contribution is 7.25. The lowest BCUT2D eigenvalue weighted by atomic mass is 9.98. The Balaban J connectivity index is 1.03. The fraction of sp³-hybridized carbons (Fsp3) is 0. The van der Waals surface area contributed by atoms with Crippen molar-refractivity contribution in [2.75, 3.05) is 4.90 Å². The summed E-state index contributed by atoms with van der Waals surface area (Å²) in [6.07, 6.45) is 4.50. The number of para-hydroxylation sites is 2. The van der Waals surface area contributed by atoms with Gasteiger partial charge in [0.2, 0.25) is 0 Å². The highest BCUT2D eigenvalue weighted by Gasteiger charge is 2.18. The Bertz CT molecular complexity index is 2810. The SMILES string of the molecule is C(=Cc1ccc2c3c1ccc1cccc(c13)n2-c1ccccc1)c1ccc(N(c2ccccc2)c2ccc3c(c2)sc2ccccc23)cc1. The van der Waals surface area contributed by atoms with Gasteiger partial charge in [-0.1, -0.05) is 115 Å². The van der Waals surface area contributed by atoms with Gasteiger partial charge in [0.05, 0.1) is 11.0 Å². The van der Waals surface area contributed by atoms with Crippen LogP contribution in [0.15, 0.2) is 170 Å². The molecule has 0 aliphatic carbocycles. The first-order valence-electron chi connectivity index (χ1n) is 16.7. The summed E-state index contributed by atoms with van der Waals surface area (Å²) in [5.74, 6) is 0. The lowest BCUT2D eigenvalue weighted by Crippen LogP contribution is -2.09. The zero-order chi connectivity index (χ0) is 32.3. The molecule has 8 aromatic carbocycles. The Hall–Kier alpha value is -6.16. The number of hydrogen-bond donors (Lipinski definition) is 0. The number of thiophene rings is 1.